The Labute approximate surface area is 101 Å². The molecule has 0 unspecified atom stereocenters. The van der Waals surface area contributed by atoms with E-state index >= 15 is 0 Å². The zero-order chi connectivity index (χ0) is 11.8. The fourth-order valence-electron chi connectivity index (χ4n) is 0.837. The van der Waals surface area contributed by atoms with Crippen LogP contribution in [0, 0.1) is 0 Å². The molecular formula is C8H13N3O3S2. The van der Waals surface area contributed by atoms with E-state index in [2.05, 4.69) is 15.5 Å². The van der Waals surface area contributed by atoms with Crippen LogP contribution in [0.25, 0.3) is 0 Å². The first kappa shape index (κ1) is 13.2. The van der Waals surface area contributed by atoms with Crippen LogP contribution < -0.4 is 5.32 Å². The van der Waals surface area contributed by atoms with E-state index in [4.69, 9.17) is 9.84 Å². The molecule has 0 radical (unpaired) electrons. The third kappa shape index (κ3) is 5.29. The number of aromatic nitrogens is 2. The van der Waals surface area contributed by atoms with Gasteiger partial charge < -0.3 is 15.2 Å². The van der Waals surface area contributed by atoms with Crippen LogP contribution in [0.4, 0.5) is 5.13 Å². The highest BCUT2D eigenvalue weighted by Gasteiger charge is 2.06. The minimum Gasteiger partial charge on any atom is -0.481 e. The lowest BCUT2D eigenvalue weighted by Crippen LogP contribution is -2.08. The second-order valence-corrected chi connectivity index (χ2v) is 4.88. The van der Waals surface area contributed by atoms with Crippen molar-refractivity contribution in [2.24, 2.45) is 0 Å². The monoisotopic (exact) mass is 263 g/mol. The van der Waals surface area contributed by atoms with Gasteiger partial charge in [0.25, 0.3) is 0 Å². The molecule has 16 heavy (non-hydrogen) atoms. The van der Waals surface area contributed by atoms with Gasteiger partial charge in [-0.3, -0.25) is 4.79 Å². The highest BCUT2D eigenvalue weighted by Crippen LogP contribution is 2.24. The van der Waals surface area contributed by atoms with Crippen LogP contribution in [0.15, 0.2) is 4.34 Å². The Hall–Kier alpha value is -0.860. The summed E-state index contributed by atoms with van der Waals surface area (Å²) >= 11 is 2.51. The van der Waals surface area contributed by atoms with E-state index in [-0.39, 0.29) is 5.75 Å². The van der Waals surface area contributed by atoms with Crippen molar-refractivity contribution in [3.05, 3.63) is 0 Å². The Bertz CT molecular complexity index is 332. The first-order valence-electron chi connectivity index (χ1n) is 4.72. The maximum Gasteiger partial charge on any atom is 0.313 e. The van der Waals surface area contributed by atoms with Crippen LogP contribution in [-0.4, -0.2) is 46.8 Å². The number of hydrogen-bond acceptors (Lipinski definition) is 7. The number of aliphatic carboxylic acids is 1. The highest BCUT2D eigenvalue weighted by molar-refractivity contribution is 8.01. The van der Waals surface area contributed by atoms with Gasteiger partial charge in [-0.2, -0.15) is 0 Å². The molecule has 0 aliphatic carbocycles. The SMILES string of the molecule is CCOCCNc1nnc(SCC(=O)O)s1. The summed E-state index contributed by atoms with van der Waals surface area (Å²) in [6.07, 6.45) is 0. The fraction of sp³-hybridized carbons (Fsp3) is 0.625. The largest absolute Gasteiger partial charge is 0.481 e. The van der Waals surface area contributed by atoms with Crippen LogP contribution in [0.3, 0.4) is 0 Å². The summed E-state index contributed by atoms with van der Waals surface area (Å²) in [7, 11) is 0. The molecular weight excluding hydrogens is 250 g/mol. The minimum atomic E-state index is -0.856. The Morgan fingerprint density at radius 1 is 1.62 bits per heavy atom. The first-order valence-corrected chi connectivity index (χ1v) is 6.52. The quantitative estimate of drug-likeness (QED) is 0.538. The van der Waals surface area contributed by atoms with Crippen molar-refractivity contribution in [3.63, 3.8) is 0 Å². The molecule has 6 nitrogen and oxygen atoms in total. The fourth-order valence-corrected chi connectivity index (χ4v) is 2.34. The number of thioether (sulfide) groups is 1. The molecule has 1 aromatic rings. The average molecular weight is 263 g/mol. The average Bonchev–Trinajstić information content (AvgIpc) is 2.70. The van der Waals surface area contributed by atoms with Crippen molar-refractivity contribution in [2.75, 3.05) is 30.8 Å². The maximum atomic E-state index is 10.3. The van der Waals surface area contributed by atoms with E-state index in [0.29, 0.717) is 29.2 Å². The standard InChI is InChI=1S/C8H13N3O3S2/c1-2-14-4-3-9-7-10-11-8(16-7)15-5-6(12)13/h2-5H2,1H3,(H,9,10)(H,12,13). The molecule has 0 fully saturated rings. The molecule has 0 saturated heterocycles. The highest BCUT2D eigenvalue weighted by atomic mass is 32.2. The van der Waals surface area contributed by atoms with Crippen molar-refractivity contribution < 1.29 is 14.6 Å². The number of nitrogens with one attached hydrogen (secondary N) is 1. The summed E-state index contributed by atoms with van der Waals surface area (Å²) in [4.78, 5) is 10.3. The third-order valence-electron chi connectivity index (χ3n) is 1.45. The van der Waals surface area contributed by atoms with Crippen LogP contribution >= 0.6 is 23.1 Å². The van der Waals surface area contributed by atoms with E-state index in [9.17, 15) is 4.79 Å². The van der Waals surface area contributed by atoms with E-state index in [0.717, 1.165) is 0 Å². The van der Waals surface area contributed by atoms with Gasteiger partial charge in [0.2, 0.25) is 5.13 Å². The van der Waals surface area contributed by atoms with Gasteiger partial charge in [-0.05, 0) is 6.92 Å². The number of rotatable bonds is 8. The maximum absolute atomic E-state index is 10.3. The van der Waals surface area contributed by atoms with Crippen molar-refractivity contribution in [2.45, 2.75) is 11.3 Å². The third-order valence-corrected chi connectivity index (χ3v) is 3.45. The number of anilines is 1. The molecule has 8 heteroatoms. The van der Waals surface area contributed by atoms with Gasteiger partial charge in [0.15, 0.2) is 4.34 Å². The molecule has 2 N–H and O–H groups in total. The number of nitrogens with zero attached hydrogens (tertiary/aromatic N) is 2. The molecule has 0 bridgehead atoms. The molecule has 0 aliphatic rings. The van der Waals surface area contributed by atoms with Gasteiger partial charge in [-0.1, -0.05) is 23.1 Å². The lowest BCUT2D eigenvalue weighted by atomic mass is 10.7. The predicted octanol–water partition coefficient (Wildman–Crippen LogP) is 1.16. The van der Waals surface area contributed by atoms with Gasteiger partial charge in [0, 0.05) is 13.2 Å². The van der Waals surface area contributed by atoms with Gasteiger partial charge in [0.05, 0.1) is 12.4 Å². The summed E-state index contributed by atoms with van der Waals surface area (Å²) in [6, 6.07) is 0. The summed E-state index contributed by atoms with van der Waals surface area (Å²) in [6.45, 7) is 3.92. The second kappa shape index (κ2) is 7.42. The lowest BCUT2D eigenvalue weighted by molar-refractivity contribution is -0.133. The van der Waals surface area contributed by atoms with Gasteiger partial charge in [-0.15, -0.1) is 10.2 Å². The number of hydrogen-bond donors (Lipinski definition) is 2. The molecule has 0 aliphatic heterocycles. The van der Waals surface area contributed by atoms with Crippen LogP contribution in [0.1, 0.15) is 6.92 Å². The zero-order valence-corrected chi connectivity index (χ0v) is 10.4. The summed E-state index contributed by atoms with van der Waals surface area (Å²) in [5, 5.41) is 20.0. The van der Waals surface area contributed by atoms with Gasteiger partial charge in [-0.25, -0.2) is 0 Å². The molecule has 1 aromatic heterocycles. The van der Waals surface area contributed by atoms with Crippen molar-refractivity contribution in [3.8, 4) is 0 Å². The Morgan fingerprint density at radius 2 is 2.44 bits per heavy atom. The minimum absolute atomic E-state index is 0.00752. The summed E-state index contributed by atoms with van der Waals surface area (Å²) in [5.74, 6) is -0.848. The van der Waals surface area contributed by atoms with Gasteiger partial charge >= 0.3 is 5.97 Å². The molecule has 1 heterocycles. The molecule has 90 valence electrons. The predicted molar refractivity (Wildman–Crippen MR) is 63.3 cm³/mol. The lowest BCUT2D eigenvalue weighted by Gasteiger charge is -2.00. The first-order chi connectivity index (χ1) is 7.72. The van der Waals surface area contributed by atoms with E-state index in [1.165, 1.54) is 23.1 Å². The normalized spacial score (nSPS) is 10.3. The smallest absolute Gasteiger partial charge is 0.313 e. The van der Waals surface area contributed by atoms with Crippen molar-refractivity contribution >= 4 is 34.2 Å². The van der Waals surface area contributed by atoms with E-state index in [1.807, 2.05) is 6.92 Å². The molecule has 0 aromatic carbocycles. The molecule has 0 spiro atoms. The zero-order valence-electron chi connectivity index (χ0n) is 8.80. The van der Waals surface area contributed by atoms with E-state index < -0.39 is 5.97 Å². The van der Waals surface area contributed by atoms with Crippen LogP contribution in [-0.2, 0) is 9.53 Å². The number of carboxylic acid groups (broad SMARTS) is 1. The molecule has 1 rings (SSSR count). The van der Waals surface area contributed by atoms with Crippen LogP contribution in [0.5, 0.6) is 0 Å². The summed E-state index contributed by atoms with van der Waals surface area (Å²) < 4.78 is 5.81. The number of carbonyl (C=O) groups is 1. The molecule has 0 atom stereocenters. The Balaban J connectivity index is 2.25. The summed E-state index contributed by atoms with van der Waals surface area (Å²) in [5.41, 5.74) is 0. The van der Waals surface area contributed by atoms with E-state index in [1.54, 1.807) is 0 Å². The Morgan fingerprint density at radius 3 is 3.12 bits per heavy atom. The van der Waals surface area contributed by atoms with Crippen molar-refractivity contribution in [1.82, 2.24) is 10.2 Å². The second-order valence-electron chi connectivity index (χ2n) is 2.68. The Kier molecular flexibility index (Phi) is 6.12. The van der Waals surface area contributed by atoms with Crippen molar-refractivity contribution in [1.29, 1.82) is 0 Å². The molecule has 0 amide bonds. The van der Waals surface area contributed by atoms with Crippen LogP contribution in [0.2, 0.25) is 0 Å². The number of ether oxygens (including phenoxy) is 1. The topological polar surface area (TPSA) is 84.3 Å². The molecule has 0 saturated carbocycles. The number of carboxylic acids is 1. The van der Waals surface area contributed by atoms with Gasteiger partial charge in [0.1, 0.15) is 0 Å².